The van der Waals surface area contributed by atoms with E-state index in [9.17, 15) is 0 Å². The van der Waals surface area contributed by atoms with E-state index in [4.69, 9.17) is 9.47 Å². The standard InChI is InChI=1S/C16H27NO2/c1-6-16(4,19-8-3)15(17-7-2)13-9-11-14(18-5)12-10-13/h9-12,15,17H,6-8H2,1-5H3. The van der Waals surface area contributed by atoms with Crippen LogP contribution in [0.2, 0.25) is 0 Å². The molecule has 0 aliphatic rings. The molecule has 0 aromatic heterocycles. The topological polar surface area (TPSA) is 30.5 Å². The van der Waals surface area contributed by atoms with Gasteiger partial charge in [-0.15, -0.1) is 0 Å². The van der Waals surface area contributed by atoms with Crippen LogP contribution >= 0.6 is 0 Å². The molecule has 2 atom stereocenters. The van der Waals surface area contributed by atoms with Crippen molar-refractivity contribution in [2.24, 2.45) is 0 Å². The summed E-state index contributed by atoms with van der Waals surface area (Å²) < 4.78 is 11.2. The Balaban J connectivity index is 3.03. The quantitative estimate of drug-likeness (QED) is 0.779. The van der Waals surface area contributed by atoms with Gasteiger partial charge in [0.1, 0.15) is 5.75 Å². The van der Waals surface area contributed by atoms with Crippen LogP contribution in [0.1, 0.15) is 45.7 Å². The first-order valence-corrected chi connectivity index (χ1v) is 7.12. The van der Waals surface area contributed by atoms with Gasteiger partial charge in [-0.25, -0.2) is 0 Å². The molecule has 0 saturated heterocycles. The number of likely N-dealkylation sites (N-methyl/N-ethyl adjacent to an activating group) is 1. The molecule has 19 heavy (non-hydrogen) atoms. The molecule has 0 spiro atoms. The molecule has 2 unspecified atom stereocenters. The lowest BCUT2D eigenvalue weighted by Gasteiger charge is -2.37. The molecule has 1 N–H and O–H groups in total. The first-order valence-electron chi connectivity index (χ1n) is 7.12. The summed E-state index contributed by atoms with van der Waals surface area (Å²) in [6, 6.07) is 8.41. The Labute approximate surface area is 117 Å². The Bertz CT molecular complexity index is 364. The molecule has 0 radical (unpaired) electrons. The number of rotatable bonds is 8. The summed E-state index contributed by atoms with van der Waals surface area (Å²) >= 11 is 0. The summed E-state index contributed by atoms with van der Waals surface area (Å²) in [5.41, 5.74) is 1.04. The van der Waals surface area contributed by atoms with Gasteiger partial charge < -0.3 is 14.8 Å². The van der Waals surface area contributed by atoms with Gasteiger partial charge in [0.2, 0.25) is 0 Å². The molecule has 108 valence electrons. The zero-order valence-electron chi connectivity index (χ0n) is 12.8. The van der Waals surface area contributed by atoms with Crippen LogP contribution in [0.3, 0.4) is 0 Å². The summed E-state index contributed by atoms with van der Waals surface area (Å²) in [4.78, 5) is 0. The van der Waals surface area contributed by atoms with E-state index < -0.39 is 0 Å². The van der Waals surface area contributed by atoms with E-state index in [1.807, 2.05) is 19.1 Å². The molecule has 1 aromatic carbocycles. The Morgan fingerprint density at radius 3 is 2.21 bits per heavy atom. The SMILES string of the molecule is CCNC(c1ccc(OC)cc1)C(C)(CC)OCC. The van der Waals surface area contributed by atoms with Gasteiger partial charge in [0.15, 0.2) is 0 Å². The van der Waals surface area contributed by atoms with E-state index in [1.165, 1.54) is 5.56 Å². The number of methoxy groups -OCH3 is 1. The minimum atomic E-state index is -0.195. The van der Waals surface area contributed by atoms with Gasteiger partial charge in [0, 0.05) is 6.61 Å². The highest BCUT2D eigenvalue weighted by atomic mass is 16.5. The van der Waals surface area contributed by atoms with Gasteiger partial charge in [-0.2, -0.15) is 0 Å². The summed E-state index contributed by atoms with van der Waals surface area (Å²) in [6.45, 7) is 10.2. The Hall–Kier alpha value is -1.06. The molecule has 0 aliphatic carbocycles. The third-order valence-corrected chi connectivity index (χ3v) is 3.64. The van der Waals surface area contributed by atoms with Crippen LogP contribution in [0.15, 0.2) is 24.3 Å². The highest BCUT2D eigenvalue weighted by Crippen LogP contribution is 2.32. The molecule has 1 rings (SSSR count). The lowest BCUT2D eigenvalue weighted by molar-refractivity contribution is -0.0560. The Morgan fingerprint density at radius 2 is 1.79 bits per heavy atom. The smallest absolute Gasteiger partial charge is 0.118 e. The number of benzene rings is 1. The fourth-order valence-corrected chi connectivity index (χ4v) is 2.41. The molecule has 3 nitrogen and oxygen atoms in total. The first-order chi connectivity index (χ1) is 9.11. The predicted molar refractivity (Wildman–Crippen MR) is 79.7 cm³/mol. The predicted octanol–water partition coefficient (Wildman–Crippen LogP) is 3.55. The van der Waals surface area contributed by atoms with Gasteiger partial charge in [-0.05, 0) is 44.5 Å². The second-order valence-electron chi connectivity index (χ2n) is 4.86. The van der Waals surface area contributed by atoms with Crippen molar-refractivity contribution in [2.45, 2.75) is 45.8 Å². The van der Waals surface area contributed by atoms with Gasteiger partial charge in [0.25, 0.3) is 0 Å². The number of nitrogens with one attached hydrogen (secondary N) is 1. The lowest BCUT2D eigenvalue weighted by atomic mass is 9.87. The zero-order valence-corrected chi connectivity index (χ0v) is 12.8. The fourth-order valence-electron chi connectivity index (χ4n) is 2.41. The van der Waals surface area contributed by atoms with Crippen molar-refractivity contribution in [1.82, 2.24) is 5.32 Å². The van der Waals surface area contributed by atoms with Crippen LogP contribution in [-0.2, 0) is 4.74 Å². The maximum absolute atomic E-state index is 6.01. The fraction of sp³-hybridized carbons (Fsp3) is 0.625. The number of hydrogen-bond donors (Lipinski definition) is 1. The molecule has 0 saturated carbocycles. The third kappa shape index (κ3) is 3.95. The molecule has 0 bridgehead atoms. The van der Waals surface area contributed by atoms with Crippen molar-refractivity contribution >= 4 is 0 Å². The summed E-state index contributed by atoms with van der Waals surface area (Å²) in [5, 5.41) is 3.55. The van der Waals surface area contributed by atoms with Crippen molar-refractivity contribution < 1.29 is 9.47 Å². The third-order valence-electron chi connectivity index (χ3n) is 3.64. The minimum Gasteiger partial charge on any atom is -0.497 e. The second kappa shape index (κ2) is 7.51. The van der Waals surface area contributed by atoms with Crippen molar-refractivity contribution in [3.05, 3.63) is 29.8 Å². The number of hydrogen-bond acceptors (Lipinski definition) is 3. The van der Waals surface area contributed by atoms with Crippen LogP contribution in [-0.4, -0.2) is 25.9 Å². The molecule has 0 aliphatic heterocycles. The normalized spacial score (nSPS) is 15.8. The van der Waals surface area contributed by atoms with E-state index in [0.29, 0.717) is 0 Å². The molecule has 0 heterocycles. The van der Waals surface area contributed by atoms with E-state index in [-0.39, 0.29) is 11.6 Å². The monoisotopic (exact) mass is 265 g/mol. The van der Waals surface area contributed by atoms with Gasteiger partial charge >= 0.3 is 0 Å². The Morgan fingerprint density at radius 1 is 1.16 bits per heavy atom. The lowest BCUT2D eigenvalue weighted by Crippen LogP contribution is -2.43. The van der Waals surface area contributed by atoms with Crippen LogP contribution < -0.4 is 10.1 Å². The van der Waals surface area contributed by atoms with Crippen LogP contribution in [0.4, 0.5) is 0 Å². The molecule has 0 fully saturated rings. The molecule has 1 aromatic rings. The van der Waals surface area contributed by atoms with Gasteiger partial charge in [-0.3, -0.25) is 0 Å². The molecular formula is C16H27NO2. The summed E-state index contributed by atoms with van der Waals surface area (Å²) in [6.07, 6.45) is 0.963. The van der Waals surface area contributed by atoms with Crippen LogP contribution in [0.5, 0.6) is 5.75 Å². The average molecular weight is 265 g/mol. The summed E-state index contributed by atoms with van der Waals surface area (Å²) in [5.74, 6) is 0.883. The van der Waals surface area contributed by atoms with Crippen LogP contribution in [0, 0.1) is 0 Å². The first kappa shape index (κ1) is 16.0. The van der Waals surface area contributed by atoms with Gasteiger partial charge in [0.05, 0.1) is 18.8 Å². The maximum atomic E-state index is 6.01. The van der Waals surface area contributed by atoms with Crippen LogP contribution in [0.25, 0.3) is 0 Å². The zero-order chi connectivity index (χ0) is 14.3. The maximum Gasteiger partial charge on any atom is 0.118 e. The Kier molecular flexibility index (Phi) is 6.32. The minimum absolute atomic E-state index is 0.188. The second-order valence-corrected chi connectivity index (χ2v) is 4.86. The van der Waals surface area contributed by atoms with Crippen molar-refractivity contribution in [3.8, 4) is 5.75 Å². The van der Waals surface area contributed by atoms with E-state index in [0.717, 1.165) is 25.3 Å². The highest BCUT2D eigenvalue weighted by Gasteiger charge is 2.33. The van der Waals surface area contributed by atoms with E-state index >= 15 is 0 Å². The van der Waals surface area contributed by atoms with E-state index in [2.05, 4.69) is 38.2 Å². The summed E-state index contributed by atoms with van der Waals surface area (Å²) in [7, 11) is 1.69. The number of ether oxygens (including phenoxy) is 2. The van der Waals surface area contributed by atoms with Gasteiger partial charge in [-0.1, -0.05) is 26.0 Å². The molecule has 0 amide bonds. The largest absolute Gasteiger partial charge is 0.497 e. The van der Waals surface area contributed by atoms with E-state index in [1.54, 1.807) is 7.11 Å². The van der Waals surface area contributed by atoms with Crippen molar-refractivity contribution in [1.29, 1.82) is 0 Å². The average Bonchev–Trinajstić information content (AvgIpc) is 2.45. The molecule has 3 heteroatoms. The highest BCUT2D eigenvalue weighted by molar-refractivity contribution is 5.30. The molecular weight excluding hydrogens is 238 g/mol. The van der Waals surface area contributed by atoms with Crippen molar-refractivity contribution in [2.75, 3.05) is 20.3 Å². The van der Waals surface area contributed by atoms with Crippen molar-refractivity contribution in [3.63, 3.8) is 0 Å².